The molecule has 0 saturated heterocycles. The Kier molecular flexibility index (Phi) is 5.66. The SMILES string of the molecule is CCNc1ccc(C(=O)NC2CCCC(CC)C2)cc1C. The van der Waals surface area contributed by atoms with Crippen LogP contribution in [0.4, 0.5) is 5.69 Å². The van der Waals surface area contributed by atoms with Crippen molar-refractivity contribution >= 4 is 11.6 Å². The molecule has 0 heterocycles. The fourth-order valence-corrected chi connectivity index (χ4v) is 3.26. The van der Waals surface area contributed by atoms with Crippen LogP contribution in [-0.2, 0) is 0 Å². The van der Waals surface area contributed by atoms with Crippen LogP contribution in [0.5, 0.6) is 0 Å². The quantitative estimate of drug-likeness (QED) is 0.855. The highest BCUT2D eigenvalue weighted by Gasteiger charge is 2.22. The highest BCUT2D eigenvalue weighted by atomic mass is 16.1. The Hall–Kier alpha value is -1.51. The number of aryl methyl sites for hydroxylation is 1. The Morgan fingerprint density at radius 3 is 2.76 bits per heavy atom. The molecule has 0 spiro atoms. The van der Waals surface area contributed by atoms with Gasteiger partial charge in [0, 0.05) is 23.8 Å². The molecule has 1 aromatic rings. The first-order valence-corrected chi connectivity index (χ1v) is 8.29. The number of carbonyl (C=O) groups is 1. The molecule has 1 saturated carbocycles. The van der Waals surface area contributed by atoms with Gasteiger partial charge in [0.25, 0.3) is 5.91 Å². The molecule has 3 heteroatoms. The van der Waals surface area contributed by atoms with Crippen molar-refractivity contribution in [2.75, 3.05) is 11.9 Å². The maximum Gasteiger partial charge on any atom is 0.251 e. The minimum absolute atomic E-state index is 0.0721. The predicted octanol–water partition coefficient (Wildman–Crippen LogP) is 4.13. The van der Waals surface area contributed by atoms with Crippen LogP contribution >= 0.6 is 0 Å². The standard InChI is InChI=1S/C18H28N2O/c1-4-14-7-6-8-16(12-14)20-18(21)15-9-10-17(19-5-2)13(3)11-15/h9-11,14,16,19H,4-8,12H2,1-3H3,(H,20,21). The Balaban J connectivity index is 1.98. The van der Waals surface area contributed by atoms with E-state index in [0.29, 0.717) is 6.04 Å². The van der Waals surface area contributed by atoms with E-state index >= 15 is 0 Å². The van der Waals surface area contributed by atoms with Gasteiger partial charge in [0.15, 0.2) is 0 Å². The molecule has 2 N–H and O–H groups in total. The normalized spacial score (nSPS) is 21.9. The summed E-state index contributed by atoms with van der Waals surface area (Å²) in [4.78, 5) is 12.4. The van der Waals surface area contributed by atoms with Gasteiger partial charge in [0.2, 0.25) is 0 Å². The molecule has 116 valence electrons. The second-order valence-electron chi connectivity index (χ2n) is 6.17. The zero-order valence-corrected chi connectivity index (χ0v) is 13.5. The summed E-state index contributed by atoms with van der Waals surface area (Å²) >= 11 is 0. The first-order chi connectivity index (χ1) is 10.1. The number of anilines is 1. The highest BCUT2D eigenvalue weighted by Crippen LogP contribution is 2.26. The van der Waals surface area contributed by atoms with Gasteiger partial charge >= 0.3 is 0 Å². The zero-order valence-electron chi connectivity index (χ0n) is 13.5. The third-order valence-electron chi connectivity index (χ3n) is 4.55. The summed E-state index contributed by atoms with van der Waals surface area (Å²) in [6.07, 6.45) is 6.04. The molecule has 3 nitrogen and oxygen atoms in total. The van der Waals surface area contributed by atoms with Crippen LogP contribution in [-0.4, -0.2) is 18.5 Å². The number of nitrogens with one attached hydrogen (secondary N) is 2. The minimum Gasteiger partial charge on any atom is -0.385 e. The first kappa shape index (κ1) is 15.9. The maximum absolute atomic E-state index is 12.4. The van der Waals surface area contributed by atoms with E-state index in [1.807, 2.05) is 25.1 Å². The van der Waals surface area contributed by atoms with Gasteiger partial charge < -0.3 is 10.6 Å². The number of carbonyl (C=O) groups excluding carboxylic acids is 1. The molecule has 0 radical (unpaired) electrons. The summed E-state index contributed by atoms with van der Waals surface area (Å²) in [7, 11) is 0. The van der Waals surface area contributed by atoms with Crippen molar-refractivity contribution in [3.8, 4) is 0 Å². The van der Waals surface area contributed by atoms with Crippen molar-refractivity contribution in [2.45, 2.75) is 58.9 Å². The van der Waals surface area contributed by atoms with Crippen molar-refractivity contribution in [3.05, 3.63) is 29.3 Å². The average molecular weight is 288 g/mol. The van der Waals surface area contributed by atoms with Crippen molar-refractivity contribution < 1.29 is 4.79 Å². The lowest BCUT2D eigenvalue weighted by atomic mass is 9.84. The number of benzene rings is 1. The van der Waals surface area contributed by atoms with Crippen LogP contribution in [0.1, 0.15) is 61.9 Å². The molecule has 21 heavy (non-hydrogen) atoms. The Morgan fingerprint density at radius 1 is 1.29 bits per heavy atom. The molecule has 0 aliphatic heterocycles. The summed E-state index contributed by atoms with van der Waals surface area (Å²) in [5, 5.41) is 6.52. The van der Waals surface area contributed by atoms with E-state index in [1.165, 1.54) is 19.3 Å². The highest BCUT2D eigenvalue weighted by molar-refractivity contribution is 5.95. The minimum atomic E-state index is 0.0721. The fourth-order valence-electron chi connectivity index (χ4n) is 3.26. The van der Waals surface area contributed by atoms with Gasteiger partial charge in [0.05, 0.1) is 0 Å². The Bertz CT molecular complexity index is 484. The zero-order chi connectivity index (χ0) is 15.2. The van der Waals surface area contributed by atoms with E-state index in [4.69, 9.17) is 0 Å². The number of amides is 1. The van der Waals surface area contributed by atoms with Gasteiger partial charge in [-0.25, -0.2) is 0 Å². The van der Waals surface area contributed by atoms with Crippen LogP contribution in [0.2, 0.25) is 0 Å². The molecule has 1 amide bonds. The predicted molar refractivity (Wildman–Crippen MR) is 88.8 cm³/mol. The average Bonchev–Trinajstić information content (AvgIpc) is 2.49. The molecule has 2 unspecified atom stereocenters. The van der Waals surface area contributed by atoms with Crippen LogP contribution in [0.15, 0.2) is 18.2 Å². The van der Waals surface area contributed by atoms with Gasteiger partial charge in [0.1, 0.15) is 0 Å². The van der Waals surface area contributed by atoms with Crippen LogP contribution in [0, 0.1) is 12.8 Å². The molecule has 2 rings (SSSR count). The van der Waals surface area contributed by atoms with Crippen LogP contribution in [0.25, 0.3) is 0 Å². The van der Waals surface area contributed by atoms with Gasteiger partial charge in [-0.15, -0.1) is 0 Å². The summed E-state index contributed by atoms with van der Waals surface area (Å²) < 4.78 is 0. The van der Waals surface area contributed by atoms with Crippen LogP contribution < -0.4 is 10.6 Å². The van der Waals surface area contributed by atoms with E-state index in [2.05, 4.69) is 24.5 Å². The van der Waals surface area contributed by atoms with Crippen LogP contribution in [0.3, 0.4) is 0 Å². The number of hydrogen-bond donors (Lipinski definition) is 2. The fraction of sp³-hybridized carbons (Fsp3) is 0.611. The van der Waals surface area contributed by atoms with E-state index in [1.54, 1.807) is 0 Å². The van der Waals surface area contributed by atoms with E-state index < -0.39 is 0 Å². The van der Waals surface area contributed by atoms with Crippen molar-refractivity contribution in [1.29, 1.82) is 0 Å². The number of rotatable bonds is 5. The summed E-state index contributed by atoms with van der Waals surface area (Å²) in [6.45, 7) is 7.26. The van der Waals surface area contributed by atoms with Crippen molar-refractivity contribution in [3.63, 3.8) is 0 Å². The molecule has 0 aromatic heterocycles. The second kappa shape index (κ2) is 7.48. The molecular weight excluding hydrogens is 260 g/mol. The summed E-state index contributed by atoms with van der Waals surface area (Å²) in [5.74, 6) is 0.852. The van der Waals surface area contributed by atoms with Crippen molar-refractivity contribution in [2.24, 2.45) is 5.92 Å². The third kappa shape index (κ3) is 4.23. The molecule has 1 fully saturated rings. The summed E-state index contributed by atoms with van der Waals surface area (Å²) in [5.41, 5.74) is 3.00. The second-order valence-corrected chi connectivity index (χ2v) is 6.17. The molecular formula is C18H28N2O. The maximum atomic E-state index is 12.4. The van der Waals surface area contributed by atoms with E-state index in [-0.39, 0.29) is 5.91 Å². The summed E-state index contributed by atoms with van der Waals surface area (Å²) in [6, 6.07) is 6.25. The van der Waals surface area contributed by atoms with Gasteiger partial charge in [-0.3, -0.25) is 4.79 Å². The van der Waals surface area contributed by atoms with Gasteiger partial charge in [-0.05, 0) is 56.4 Å². The van der Waals surface area contributed by atoms with Crippen molar-refractivity contribution in [1.82, 2.24) is 5.32 Å². The largest absolute Gasteiger partial charge is 0.385 e. The van der Waals surface area contributed by atoms with E-state index in [0.717, 1.165) is 42.1 Å². The molecule has 0 bridgehead atoms. The lowest BCUT2D eigenvalue weighted by Gasteiger charge is -2.29. The van der Waals surface area contributed by atoms with E-state index in [9.17, 15) is 4.79 Å². The molecule has 1 aliphatic rings. The lowest BCUT2D eigenvalue weighted by molar-refractivity contribution is 0.0919. The molecule has 1 aliphatic carbocycles. The smallest absolute Gasteiger partial charge is 0.251 e. The topological polar surface area (TPSA) is 41.1 Å². The molecule has 1 aromatic carbocycles. The third-order valence-corrected chi connectivity index (χ3v) is 4.55. The monoisotopic (exact) mass is 288 g/mol. The molecule has 2 atom stereocenters. The first-order valence-electron chi connectivity index (χ1n) is 8.29. The van der Waals surface area contributed by atoms with Gasteiger partial charge in [-0.2, -0.15) is 0 Å². The van der Waals surface area contributed by atoms with Gasteiger partial charge in [-0.1, -0.05) is 26.2 Å². The Labute approximate surface area is 128 Å². The number of hydrogen-bond acceptors (Lipinski definition) is 2. The Morgan fingerprint density at radius 2 is 2.10 bits per heavy atom. The lowest BCUT2D eigenvalue weighted by Crippen LogP contribution is -2.38.